The molecule has 2 N–H and O–H groups in total. The van der Waals surface area contributed by atoms with Gasteiger partial charge in [0.25, 0.3) is 5.91 Å². The number of fused-ring (bicyclic) bond motifs is 1. The lowest BCUT2D eigenvalue weighted by Crippen LogP contribution is -2.27. The summed E-state index contributed by atoms with van der Waals surface area (Å²) in [5.74, 6) is 1.85. The summed E-state index contributed by atoms with van der Waals surface area (Å²) in [7, 11) is 0. The molecule has 6 nitrogen and oxygen atoms in total. The molecule has 0 unspecified atom stereocenters. The van der Waals surface area contributed by atoms with Crippen molar-refractivity contribution >= 4 is 34.2 Å². The maximum absolute atomic E-state index is 12.6. The van der Waals surface area contributed by atoms with E-state index in [0.29, 0.717) is 18.3 Å². The maximum atomic E-state index is 12.6. The van der Waals surface area contributed by atoms with Crippen LogP contribution in [0.5, 0.6) is 0 Å². The van der Waals surface area contributed by atoms with Crippen LogP contribution in [0.1, 0.15) is 64.9 Å². The zero-order chi connectivity index (χ0) is 20.7. The summed E-state index contributed by atoms with van der Waals surface area (Å²) in [6.45, 7) is 3.69. The molecule has 2 amide bonds. The van der Waals surface area contributed by atoms with E-state index in [1.54, 1.807) is 0 Å². The highest BCUT2D eigenvalue weighted by Crippen LogP contribution is 2.48. The molecular formula is C23H26N4O2S. The van der Waals surface area contributed by atoms with Crippen LogP contribution in [0.4, 0.5) is 0 Å². The molecule has 2 fully saturated rings. The zero-order valence-corrected chi connectivity index (χ0v) is 17.9. The molecule has 1 aliphatic carbocycles. The number of amides is 2. The molecule has 0 radical (unpaired) electrons. The normalized spacial score (nSPS) is 21.7. The molecule has 3 atom stereocenters. The van der Waals surface area contributed by atoms with Crippen molar-refractivity contribution in [2.24, 2.45) is 5.92 Å². The van der Waals surface area contributed by atoms with Crippen LogP contribution in [-0.2, 0) is 4.79 Å². The molecule has 1 aliphatic heterocycles. The van der Waals surface area contributed by atoms with Crippen molar-refractivity contribution in [2.75, 3.05) is 13.1 Å². The first-order chi connectivity index (χ1) is 14.6. The van der Waals surface area contributed by atoms with E-state index in [1.807, 2.05) is 48.2 Å². The summed E-state index contributed by atoms with van der Waals surface area (Å²) in [5, 5.41) is 3.10. The van der Waals surface area contributed by atoms with Gasteiger partial charge in [0.1, 0.15) is 5.82 Å². The van der Waals surface area contributed by atoms with Crippen molar-refractivity contribution in [3.63, 3.8) is 0 Å². The Bertz CT molecular complexity index is 1050. The van der Waals surface area contributed by atoms with Gasteiger partial charge < -0.3 is 15.2 Å². The molecule has 7 heteroatoms. The first-order valence-corrected chi connectivity index (χ1v) is 11.5. The van der Waals surface area contributed by atoms with Crippen molar-refractivity contribution in [1.29, 1.82) is 0 Å². The van der Waals surface area contributed by atoms with E-state index in [1.165, 1.54) is 11.3 Å². The van der Waals surface area contributed by atoms with E-state index in [4.69, 9.17) is 0 Å². The van der Waals surface area contributed by atoms with Crippen LogP contribution >= 0.6 is 11.3 Å². The largest absolute Gasteiger partial charge is 0.349 e. The quantitative estimate of drug-likeness (QED) is 0.624. The topological polar surface area (TPSA) is 78.1 Å². The van der Waals surface area contributed by atoms with Crippen molar-refractivity contribution in [3.05, 3.63) is 52.0 Å². The number of rotatable bonds is 6. The number of carbonyl (C=O) groups is 2. The van der Waals surface area contributed by atoms with Crippen LogP contribution in [0.25, 0.3) is 11.0 Å². The van der Waals surface area contributed by atoms with Gasteiger partial charge in [-0.15, -0.1) is 11.3 Å². The Labute approximate surface area is 179 Å². The molecule has 3 heterocycles. The Morgan fingerprint density at radius 2 is 2.03 bits per heavy atom. The van der Waals surface area contributed by atoms with Gasteiger partial charge in [0.2, 0.25) is 5.91 Å². The minimum atomic E-state index is -0.0916. The summed E-state index contributed by atoms with van der Waals surface area (Å²) in [6, 6.07) is 11.8. The molecule has 5 rings (SSSR count). The second-order valence-electron chi connectivity index (χ2n) is 8.44. The fourth-order valence-electron chi connectivity index (χ4n) is 4.34. The summed E-state index contributed by atoms with van der Waals surface area (Å²) in [6.07, 6.45) is 3.69. The number of carbonyl (C=O) groups excluding carboxylic acids is 2. The Balaban J connectivity index is 1.15. The minimum absolute atomic E-state index is 0.0620. The Morgan fingerprint density at radius 1 is 1.23 bits per heavy atom. The second-order valence-corrected chi connectivity index (χ2v) is 9.55. The zero-order valence-electron chi connectivity index (χ0n) is 17.1. The van der Waals surface area contributed by atoms with E-state index < -0.39 is 0 Å². The van der Waals surface area contributed by atoms with Gasteiger partial charge in [0, 0.05) is 30.3 Å². The molecule has 30 heavy (non-hydrogen) atoms. The third kappa shape index (κ3) is 3.86. The van der Waals surface area contributed by atoms with Crippen LogP contribution in [0.2, 0.25) is 0 Å². The molecule has 1 aromatic carbocycles. The fourth-order valence-corrected chi connectivity index (χ4v) is 5.32. The third-order valence-electron chi connectivity index (χ3n) is 6.16. The van der Waals surface area contributed by atoms with E-state index in [0.717, 1.165) is 59.0 Å². The predicted octanol–water partition coefficient (Wildman–Crippen LogP) is 4.23. The Kier molecular flexibility index (Phi) is 5.06. The van der Waals surface area contributed by atoms with Crippen LogP contribution in [0, 0.1) is 5.92 Å². The maximum Gasteiger partial charge on any atom is 0.263 e. The number of thiophene rings is 1. The van der Waals surface area contributed by atoms with Gasteiger partial charge in [-0.3, -0.25) is 9.59 Å². The third-order valence-corrected chi connectivity index (χ3v) is 7.42. The highest BCUT2D eigenvalue weighted by atomic mass is 32.1. The number of H-pyrrole nitrogens is 1. The lowest BCUT2D eigenvalue weighted by atomic mass is 10.2. The highest BCUT2D eigenvalue weighted by molar-refractivity contribution is 7.14. The van der Waals surface area contributed by atoms with Crippen molar-refractivity contribution in [2.45, 2.75) is 44.6 Å². The summed E-state index contributed by atoms with van der Waals surface area (Å²) < 4.78 is 0. The minimum Gasteiger partial charge on any atom is -0.349 e. The number of imidazole rings is 1. The van der Waals surface area contributed by atoms with Crippen LogP contribution in [-0.4, -0.2) is 39.8 Å². The first kappa shape index (κ1) is 19.3. The predicted molar refractivity (Wildman–Crippen MR) is 118 cm³/mol. The van der Waals surface area contributed by atoms with Crippen LogP contribution in [0.15, 0.2) is 36.4 Å². The second kappa shape index (κ2) is 7.87. The van der Waals surface area contributed by atoms with Crippen LogP contribution in [0.3, 0.4) is 0 Å². The molecule has 0 bridgehead atoms. The van der Waals surface area contributed by atoms with Gasteiger partial charge in [-0.1, -0.05) is 12.1 Å². The number of benzene rings is 1. The number of aromatic nitrogens is 2. The average molecular weight is 423 g/mol. The fraction of sp³-hybridized carbons (Fsp3) is 0.435. The van der Waals surface area contributed by atoms with Gasteiger partial charge in [0.15, 0.2) is 0 Å². The molecular weight excluding hydrogens is 396 g/mol. The number of nitrogens with one attached hydrogen (secondary N) is 2. The molecule has 1 saturated heterocycles. The highest BCUT2D eigenvalue weighted by Gasteiger charge is 2.42. The monoisotopic (exact) mass is 422 g/mol. The lowest BCUT2D eigenvalue weighted by molar-refractivity contribution is -0.122. The number of hydrogen-bond donors (Lipinski definition) is 2. The molecule has 2 aromatic heterocycles. The molecule has 156 valence electrons. The van der Waals surface area contributed by atoms with E-state index in [2.05, 4.69) is 15.3 Å². The molecule has 1 saturated carbocycles. The van der Waals surface area contributed by atoms with E-state index in [9.17, 15) is 9.59 Å². The first-order valence-electron chi connectivity index (χ1n) is 10.7. The van der Waals surface area contributed by atoms with E-state index >= 15 is 0 Å². The average Bonchev–Trinajstić information content (AvgIpc) is 3.22. The van der Waals surface area contributed by atoms with Crippen molar-refractivity contribution in [1.82, 2.24) is 20.2 Å². The van der Waals surface area contributed by atoms with Gasteiger partial charge in [-0.25, -0.2) is 4.98 Å². The molecule has 2 aliphatic rings. The number of hydrogen-bond acceptors (Lipinski definition) is 4. The lowest BCUT2D eigenvalue weighted by Gasteiger charge is -2.14. The van der Waals surface area contributed by atoms with Crippen LogP contribution < -0.4 is 5.32 Å². The molecule has 3 aromatic rings. The number of nitrogens with zero attached hydrogens (tertiary/aromatic N) is 2. The number of para-hydroxylation sites is 2. The van der Waals surface area contributed by atoms with Crippen molar-refractivity contribution in [3.8, 4) is 0 Å². The Hall–Kier alpha value is -2.67. The number of likely N-dealkylation sites (tertiary alicyclic amines) is 1. The van der Waals surface area contributed by atoms with Gasteiger partial charge in [-0.2, -0.15) is 0 Å². The standard InChI is InChI=1S/C23H26N4O2S/c1-14(19-8-9-20(30-19)23(29)27-10-4-5-11-27)24-21(28)13-15-12-16(15)22-25-17-6-2-3-7-18(17)26-22/h2-3,6-9,14-16H,4-5,10-13H2,1H3,(H,24,28)(H,25,26)/t14-,15+,16+/m1/s1. The summed E-state index contributed by atoms with van der Waals surface area (Å²) >= 11 is 1.49. The van der Waals surface area contributed by atoms with E-state index in [-0.39, 0.29) is 17.9 Å². The Morgan fingerprint density at radius 3 is 2.83 bits per heavy atom. The van der Waals surface area contributed by atoms with Gasteiger partial charge in [-0.05, 0) is 56.4 Å². The van der Waals surface area contributed by atoms with Gasteiger partial charge >= 0.3 is 0 Å². The molecule has 0 spiro atoms. The smallest absolute Gasteiger partial charge is 0.263 e. The SMILES string of the molecule is C[C@@H](NC(=O)C[C@@H]1C[C@@H]1c1nc2ccccc2[nH]1)c1ccc(C(=O)N2CCCC2)s1. The summed E-state index contributed by atoms with van der Waals surface area (Å²) in [4.78, 5) is 36.9. The van der Waals surface area contributed by atoms with Gasteiger partial charge in [0.05, 0.1) is 22.0 Å². The van der Waals surface area contributed by atoms with Crippen molar-refractivity contribution < 1.29 is 9.59 Å². The summed E-state index contributed by atoms with van der Waals surface area (Å²) in [5.41, 5.74) is 2.03. The number of aromatic amines is 1.